The lowest BCUT2D eigenvalue weighted by Crippen LogP contribution is -2.47. The molecule has 0 spiro atoms. The highest BCUT2D eigenvalue weighted by Crippen LogP contribution is 2.34. The van der Waals surface area contributed by atoms with Crippen molar-refractivity contribution in [2.45, 2.75) is 59.0 Å². The molecule has 0 radical (unpaired) electrons. The van der Waals surface area contributed by atoms with Crippen LogP contribution >= 0.6 is 0 Å². The lowest BCUT2D eigenvalue weighted by atomic mass is 9.73. The van der Waals surface area contributed by atoms with Gasteiger partial charge in [0, 0.05) is 32.3 Å². The Balaban J connectivity index is 2.62. The first-order valence-corrected chi connectivity index (χ1v) is 8.39. The Hall–Kier alpha value is -0.120. The zero-order valence-corrected chi connectivity index (χ0v) is 14.5. The van der Waals surface area contributed by atoms with E-state index in [4.69, 9.17) is 4.74 Å². The van der Waals surface area contributed by atoms with Crippen LogP contribution in [0.15, 0.2) is 0 Å². The SMILES string of the molecule is CNC1CCC(C(C)C)CC1CN(CCOC)C(C)C. The van der Waals surface area contributed by atoms with E-state index in [-0.39, 0.29) is 0 Å². The van der Waals surface area contributed by atoms with E-state index in [2.05, 4.69) is 45.0 Å². The van der Waals surface area contributed by atoms with Crippen LogP contribution in [0.5, 0.6) is 0 Å². The van der Waals surface area contributed by atoms with Gasteiger partial charge in [0.1, 0.15) is 0 Å². The van der Waals surface area contributed by atoms with Crippen molar-refractivity contribution in [2.24, 2.45) is 17.8 Å². The maximum atomic E-state index is 5.27. The zero-order valence-electron chi connectivity index (χ0n) is 14.5. The van der Waals surface area contributed by atoms with Crippen molar-refractivity contribution in [3.63, 3.8) is 0 Å². The molecule has 0 aromatic carbocycles. The minimum Gasteiger partial charge on any atom is -0.383 e. The Labute approximate surface area is 126 Å². The highest BCUT2D eigenvalue weighted by Gasteiger charge is 2.32. The third-order valence-corrected chi connectivity index (χ3v) is 5.12. The van der Waals surface area contributed by atoms with E-state index in [0.29, 0.717) is 12.1 Å². The quantitative estimate of drug-likeness (QED) is 0.741. The van der Waals surface area contributed by atoms with Crippen LogP contribution < -0.4 is 5.32 Å². The van der Waals surface area contributed by atoms with E-state index in [1.165, 1.54) is 25.8 Å². The molecule has 0 aromatic heterocycles. The summed E-state index contributed by atoms with van der Waals surface area (Å²) in [5.41, 5.74) is 0. The second-order valence-electron chi connectivity index (χ2n) is 7.05. The molecule has 0 amide bonds. The molecule has 1 fully saturated rings. The maximum Gasteiger partial charge on any atom is 0.0589 e. The first-order valence-electron chi connectivity index (χ1n) is 8.39. The molecule has 1 rings (SSSR count). The van der Waals surface area contributed by atoms with Gasteiger partial charge in [-0.25, -0.2) is 0 Å². The number of hydrogen-bond acceptors (Lipinski definition) is 3. The Morgan fingerprint density at radius 1 is 1.20 bits per heavy atom. The predicted molar refractivity (Wildman–Crippen MR) is 87.1 cm³/mol. The van der Waals surface area contributed by atoms with Crippen LogP contribution in [0.2, 0.25) is 0 Å². The van der Waals surface area contributed by atoms with Crippen LogP contribution in [0.1, 0.15) is 47.0 Å². The Morgan fingerprint density at radius 3 is 2.40 bits per heavy atom. The van der Waals surface area contributed by atoms with Crippen molar-refractivity contribution in [3.8, 4) is 0 Å². The van der Waals surface area contributed by atoms with Gasteiger partial charge in [0.25, 0.3) is 0 Å². The normalized spacial score (nSPS) is 27.8. The molecule has 0 saturated heterocycles. The molecule has 3 unspecified atom stereocenters. The van der Waals surface area contributed by atoms with Crippen molar-refractivity contribution >= 4 is 0 Å². The molecule has 0 aromatic rings. The van der Waals surface area contributed by atoms with Gasteiger partial charge in [-0.15, -0.1) is 0 Å². The van der Waals surface area contributed by atoms with Crippen LogP contribution in [-0.4, -0.2) is 50.8 Å². The number of nitrogens with zero attached hydrogens (tertiary/aromatic N) is 1. The van der Waals surface area contributed by atoms with E-state index in [1.807, 2.05) is 0 Å². The molecule has 0 aliphatic heterocycles. The fourth-order valence-electron chi connectivity index (χ4n) is 3.56. The first-order chi connectivity index (χ1) is 9.49. The van der Waals surface area contributed by atoms with Crippen LogP contribution in [0.3, 0.4) is 0 Å². The van der Waals surface area contributed by atoms with Crippen molar-refractivity contribution in [3.05, 3.63) is 0 Å². The maximum absolute atomic E-state index is 5.27. The molecule has 1 aliphatic rings. The molecule has 3 atom stereocenters. The third kappa shape index (κ3) is 5.34. The highest BCUT2D eigenvalue weighted by atomic mass is 16.5. The van der Waals surface area contributed by atoms with Gasteiger partial charge >= 0.3 is 0 Å². The monoisotopic (exact) mass is 284 g/mol. The van der Waals surface area contributed by atoms with Crippen LogP contribution in [0.4, 0.5) is 0 Å². The summed E-state index contributed by atoms with van der Waals surface area (Å²) in [6.07, 6.45) is 4.10. The molecular formula is C17H36N2O. The van der Waals surface area contributed by atoms with Crippen molar-refractivity contribution in [1.82, 2.24) is 10.2 Å². The largest absolute Gasteiger partial charge is 0.383 e. The molecule has 1 saturated carbocycles. The number of methoxy groups -OCH3 is 1. The summed E-state index contributed by atoms with van der Waals surface area (Å²) in [5.74, 6) is 2.50. The molecule has 20 heavy (non-hydrogen) atoms. The highest BCUT2D eigenvalue weighted by molar-refractivity contribution is 4.87. The van der Waals surface area contributed by atoms with Gasteiger partial charge in [-0.05, 0) is 57.9 Å². The molecular weight excluding hydrogens is 248 g/mol. The Kier molecular flexibility index (Phi) is 8.08. The van der Waals surface area contributed by atoms with Gasteiger partial charge in [-0.2, -0.15) is 0 Å². The summed E-state index contributed by atoms with van der Waals surface area (Å²) in [6.45, 7) is 12.4. The number of ether oxygens (including phenoxy) is 1. The summed E-state index contributed by atoms with van der Waals surface area (Å²) in [4.78, 5) is 2.58. The smallest absolute Gasteiger partial charge is 0.0589 e. The van der Waals surface area contributed by atoms with Crippen molar-refractivity contribution < 1.29 is 4.74 Å². The molecule has 1 N–H and O–H groups in total. The standard InChI is InChI=1S/C17H36N2O/c1-13(2)15-7-8-17(18-5)16(11-15)12-19(14(3)4)9-10-20-6/h13-18H,7-12H2,1-6H3. The van der Waals surface area contributed by atoms with Gasteiger partial charge in [0.05, 0.1) is 6.61 Å². The molecule has 0 heterocycles. The van der Waals surface area contributed by atoms with Crippen LogP contribution in [0, 0.1) is 17.8 Å². The lowest BCUT2D eigenvalue weighted by molar-refractivity contribution is 0.0829. The van der Waals surface area contributed by atoms with E-state index in [9.17, 15) is 0 Å². The fourth-order valence-corrected chi connectivity index (χ4v) is 3.56. The molecule has 3 heteroatoms. The van der Waals surface area contributed by atoms with E-state index in [1.54, 1.807) is 7.11 Å². The summed E-state index contributed by atoms with van der Waals surface area (Å²) in [7, 11) is 3.92. The molecule has 120 valence electrons. The lowest BCUT2D eigenvalue weighted by Gasteiger charge is -2.41. The van der Waals surface area contributed by atoms with Gasteiger partial charge in [-0.3, -0.25) is 4.90 Å². The topological polar surface area (TPSA) is 24.5 Å². The summed E-state index contributed by atoms with van der Waals surface area (Å²) in [5, 5.41) is 3.56. The van der Waals surface area contributed by atoms with Gasteiger partial charge in [0.2, 0.25) is 0 Å². The molecule has 1 aliphatic carbocycles. The molecule has 3 nitrogen and oxygen atoms in total. The van der Waals surface area contributed by atoms with E-state index >= 15 is 0 Å². The van der Waals surface area contributed by atoms with Gasteiger partial charge in [-0.1, -0.05) is 13.8 Å². The molecule has 0 bridgehead atoms. The average molecular weight is 284 g/mol. The first kappa shape index (κ1) is 17.9. The summed E-state index contributed by atoms with van der Waals surface area (Å²) >= 11 is 0. The minimum absolute atomic E-state index is 0.599. The second-order valence-corrected chi connectivity index (χ2v) is 7.05. The second kappa shape index (κ2) is 9.01. The third-order valence-electron chi connectivity index (χ3n) is 5.12. The average Bonchev–Trinajstić information content (AvgIpc) is 2.42. The van der Waals surface area contributed by atoms with E-state index < -0.39 is 0 Å². The van der Waals surface area contributed by atoms with Crippen molar-refractivity contribution in [1.29, 1.82) is 0 Å². The summed E-state index contributed by atoms with van der Waals surface area (Å²) < 4.78 is 5.27. The Bertz CT molecular complexity index is 255. The van der Waals surface area contributed by atoms with Gasteiger partial charge < -0.3 is 10.1 Å². The Morgan fingerprint density at radius 2 is 1.90 bits per heavy atom. The van der Waals surface area contributed by atoms with Crippen molar-refractivity contribution in [2.75, 3.05) is 33.9 Å². The minimum atomic E-state index is 0.599. The number of hydrogen-bond donors (Lipinski definition) is 1. The van der Waals surface area contributed by atoms with Crippen LogP contribution in [0.25, 0.3) is 0 Å². The fraction of sp³-hybridized carbons (Fsp3) is 1.00. The van der Waals surface area contributed by atoms with Gasteiger partial charge in [0.15, 0.2) is 0 Å². The zero-order chi connectivity index (χ0) is 15.1. The van der Waals surface area contributed by atoms with Crippen LogP contribution in [-0.2, 0) is 4.74 Å². The summed E-state index contributed by atoms with van der Waals surface area (Å²) in [6, 6.07) is 1.29. The number of rotatable bonds is 8. The number of nitrogens with one attached hydrogen (secondary N) is 1. The van der Waals surface area contributed by atoms with E-state index in [0.717, 1.165) is 30.9 Å². The predicted octanol–water partition coefficient (Wildman–Crippen LogP) is 3.00.